The molecule has 0 aliphatic rings. The summed E-state index contributed by atoms with van der Waals surface area (Å²) in [7, 11) is 6.12. The van der Waals surface area contributed by atoms with Crippen LogP contribution in [0.4, 0.5) is 11.4 Å². The maximum atomic E-state index is 12.6. The van der Waals surface area contributed by atoms with E-state index >= 15 is 0 Å². The van der Waals surface area contributed by atoms with Crippen LogP contribution in [0.3, 0.4) is 0 Å². The summed E-state index contributed by atoms with van der Waals surface area (Å²) in [5, 5.41) is 5.36. The zero-order chi connectivity index (χ0) is 24.7. The molecule has 0 atom stereocenters. The molecule has 3 aromatic rings. The highest BCUT2D eigenvalue weighted by Crippen LogP contribution is 2.34. The molecule has 1 heterocycles. The summed E-state index contributed by atoms with van der Waals surface area (Å²) in [6.07, 6.45) is 1.41. The van der Waals surface area contributed by atoms with Crippen LogP contribution in [-0.4, -0.2) is 57.5 Å². The third-order valence-electron chi connectivity index (χ3n) is 4.64. The number of furan rings is 1. The number of amides is 3. The summed E-state index contributed by atoms with van der Waals surface area (Å²) >= 11 is 0. The van der Waals surface area contributed by atoms with Crippen molar-refractivity contribution in [3.05, 3.63) is 66.1 Å². The van der Waals surface area contributed by atoms with Gasteiger partial charge in [0, 0.05) is 31.9 Å². The maximum absolute atomic E-state index is 12.6. The van der Waals surface area contributed by atoms with Crippen molar-refractivity contribution in [2.24, 2.45) is 0 Å². The second-order valence-corrected chi connectivity index (χ2v) is 7.25. The van der Waals surface area contributed by atoms with Crippen LogP contribution >= 0.6 is 0 Å². The lowest BCUT2D eigenvalue weighted by atomic mass is 10.1. The third kappa shape index (κ3) is 5.85. The number of methoxy groups -OCH3 is 2. The largest absolute Gasteiger partial charge is 0.493 e. The van der Waals surface area contributed by atoms with Gasteiger partial charge < -0.3 is 34.2 Å². The molecule has 0 saturated carbocycles. The van der Waals surface area contributed by atoms with Crippen LogP contribution in [0.2, 0.25) is 0 Å². The van der Waals surface area contributed by atoms with Gasteiger partial charge in [0.15, 0.2) is 23.9 Å². The van der Waals surface area contributed by atoms with Gasteiger partial charge >= 0.3 is 0 Å². The molecule has 10 heteroatoms. The van der Waals surface area contributed by atoms with Crippen LogP contribution in [0.1, 0.15) is 20.9 Å². The summed E-state index contributed by atoms with van der Waals surface area (Å²) in [4.78, 5) is 38.7. The van der Waals surface area contributed by atoms with Crippen molar-refractivity contribution in [2.45, 2.75) is 0 Å². The second-order valence-electron chi connectivity index (χ2n) is 7.25. The Morgan fingerprint density at radius 1 is 0.941 bits per heavy atom. The van der Waals surface area contributed by atoms with Crippen LogP contribution in [0.25, 0.3) is 0 Å². The van der Waals surface area contributed by atoms with Gasteiger partial charge in [-0.15, -0.1) is 0 Å². The van der Waals surface area contributed by atoms with Gasteiger partial charge in [0.05, 0.1) is 31.7 Å². The predicted octanol–water partition coefficient (Wildman–Crippen LogP) is 3.27. The van der Waals surface area contributed by atoms with E-state index < -0.39 is 11.8 Å². The smallest absolute Gasteiger partial charge is 0.291 e. The quantitative estimate of drug-likeness (QED) is 0.496. The summed E-state index contributed by atoms with van der Waals surface area (Å²) in [5.41, 5.74) is 0.959. The fourth-order valence-corrected chi connectivity index (χ4v) is 3.00. The minimum atomic E-state index is -0.495. The van der Waals surface area contributed by atoms with E-state index in [0.29, 0.717) is 22.9 Å². The first-order chi connectivity index (χ1) is 16.3. The number of carbonyl (C=O) groups is 3. The third-order valence-corrected chi connectivity index (χ3v) is 4.64. The SMILES string of the molecule is COc1cc(NC(=O)COc2cccc(NC(=O)c3ccco3)c2)c(C(=O)N(C)C)cc1OC. The number of nitrogens with zero attached hydrogens (tertiary/aromatic N) is 1. The molecule has 1 aromatic heterocycles. The van der Waals surface area contributed by atoms with E-state index in [9.17, 15) is 14.4 Å². The van der Waals surface area contributed by atoms with Crippen molar-refractivity contribution in [2.75, 3.05) is 45.6 Å². The van der Waals surface area contributed by atoms with Crippen LogP contribution in [-0.2, 0) is 4.79 Å². The molecule has 0 fully saturated rings. The highest BCUT2D eigenvalue weighted by Gasteiger charge is 2.20. The Morgan fingerprint density at radius 2 is 1.68 bits per heavy atom. The van der Waals surface area contributed by atoms with E-state index in [4.69, 9.17) is 18.6 Å². The normalized spacial score (nSPS) is 10.2. The standard InChI is InChI=1S/C24H25N3O7/c1-27(2)24(30)17-12-20(31-3)21(32-4)13-18(17)26-22(28)14-34-16-8-5-7-15(11-16)25-23(29)19-9-6-10-33-19/h5-13H,14H2,1-4H3,(H,25,29)(H,26,28). The minimum absolute atomic E-state index is 0.170. The summed E-state index contributed by atoms with van der Waals surface area (Å²) < 4.78 is 21.2. The average molecular weight is 467 g/mol. The Kier molecular flexibility index (Phi) is 7.75. The number of ether oxygens (including phenoxy) is 3. The number of nitrogens with one attached hydrogen (secondary N) is 2. The number of hydrogen-bond donors (Lipinski definition) is 2. The molecule has 0 saturated heterocycles. The highest BCUT2D eigenvalue weighted by atomic mass is 16.5. The molecular formula is C24H25N3O7. The van der Waals surface area contributed by atoms with Gasteiger partial charge in [0.1, 0.15) is 5.75 Å². The molecule has 0 aliphatic heterocycles. The number of hydrogen-bond acceptors (Lipinski definition) is 7. The molecule has 10 nitrogen and oxygen atoms in total. The molecule has 0 bridgehead atoms. The van der Waals surface area contributed by atoms with Gasteiger partial charge in [0.2, 0.25) is 0 Å². The minimum Gasteiger partial charge on any atom is -0.493 e. The first-order valence-corrected chi connectivity index (χ1v) is 10.2. The summed E-state index contributed by atoms with van der Waals surface area (Å²) in [5.74, 6) is 0.0195. The molecule has 0 radical (unpaired) electrons. The van der Waals surface area contributed by atoms with E-state index in [1.54, 1.807) is 50.5 Å². The van der Waals surface area contributed by atoms with Gasteiger partial charge in [-0.2, -0.15) is 0 Å². The topological polar surface area (TPSA) is 119 Å². The fraction of sp³-hybridized carbons (Fsp3) is 0.208. The molecule has 3 rings (SSSR count). The lowest BCUT2D eigenvalue weighted by molar-refractivity contribution is -0.118. The van der Waals surface area contributed by atoms with Crippen LogP contribution in [0, 0.1) is 0 Å². The highest BCUT2D eigenvalue weighted by molar-refractivity contribution is 6.05. The van der Waals surface area contributed by atoms with Crippen molar-refractivity contribution in [1.82, 2.24) is 4.90 Å². The average Bonchev–Trinajstić information content (AvgIpc) is 3.37. The van der Waals surface area contributed by atoms with Crippen molar-refractivity contribution in [3.63, 3.8) is 0 Å². The Bertz CT molecular complexity index is 1170. The van der Waals surface area contributed by atoms with E-state index in [-0.39, 0.29) is 29.5 Å². The summed E-state index contributed by atoms with van der Waals surface area (Å²) in [6, 6.07) is 12.7. The first kappa shape index (κ1) is 24.2. The Hall–Kier alpha value is -4.47. The van der Waals surface area contributed by atoms with E-state index in [0.717, 1.165) is 0 Å². The molecule has 2 aromatic carbocycles. The van der Waals surface area contributed by atoms with E-state index in [1.165, 1.54) is 37.5 Å². The number of carbonyl (C=O) groups excluding carboxylic acids is 3. The van der Waals surface area contributed by atoms with Crippen LogP contribution in [0.5, 0.6) is 17.2 Å². The Balaban J connectivity index is 1.69. The van der Waals surface area contributed by atoms with Crippen molar-refractivity contribution in [1.29, 1.82) is 0 Å². The van der Waals surface area contributed by atoms with Crippen LogP contribution in [0.15, 0.2) is 59.2 Å². The predicted molar refractivity (Wildman–Crippen MR) is 125 cm³/mol. The number of rotatable bonds is 9. The first-order valence-electron chi connectivity index (χ1n) is 10.2. The fourth-order valence-electron chi connectivity index (χ4n) is 3.00. The molecule has 3 amide bonds. The maximum Gasteiger partial charge on any atom is 0.291 e. The second kappa shape index (κ2) is 10.9. The van der Waals surface area contributed by atoms with E-state index in [2.05, 4.69) is 10.6 Å². The number of benzene rings is 2. The van der Waals surface area contributed by atoms with Gasteiger partial charge in [-0.1, -0.05) is 6.07 Å². The number of anilines is 2. The zero-order valence-electron chi connectivity index (χ0n) is 19.2. The molecule has 2 N–H and O–H groups in total. The monoisotopic (exact) mass is 467 g/mol. The molecular weight excluding hydrogens is 442 g/mol. The van der Waals surface area contributed by atoms with Gasteiger partial charge in [-0.25, -0.2) is 0 Å². The molecule has 178 valence electrons. The van der Waals surface area contributed by atoms with Gasteiger partial charge in [-0.3, -0.25) is 14.4 Å². The summed E-state index contributed by atoms with van der Waals surface area (Å²) in [6.45, 7) is -0.334. The van der Waals surface area contributed by atoms with Crippen molar-refractivity contribution < 1.29 is 33.0 Å². The Morgan fingerprint density at radius 3 is 2.32 bits per heavy atom. The lowest BCUT2D eigenvalue weighted by Crippen LogP contribution is -2.26. The molecule has 34 heavy (non-hydrogen) atoms. The Labute approximate surface area is 196 Å². The zero-order valence-corrected chi connectivity index (χ0v) is 19.2. The lowest BCUT2D eigenvalue weighted by Gasteiger charge is -2.18. The van der Waals surface area contributed by atoms with Gasteiger partial charge in [-0.05, 0) is 30.3 Å². The van der Waals surface area contributed by atoms with Crippen molar-refractivity contribution >= 4 is 29.1 Å². The van der Waals surface area contributed by atoms with Gasteiger partial charge in [0.25, 0.3) is 17.7 Å². The van der Waals surface area contributed by atoms with Crippen LogP contribution < -0.4 is 24.8 Å². The molecule has 0 aliphatic carbocycles. The van der Waals surface area contributed by atoms with Crippen molar-refractivity contribution in [3.8, 4) is 17.2 Å². The molecule has 0 spiro atoms. The molecule has 0 unspecified atom stereocenters. The van der Waals surface area contributed by atoms with E-state index in [1.807, 2.05) is 0 Å².